The fraction of sp³-hybridized carbons (Fsp3) is 0.538. The highest BCUT2D eigenvalue weighted by Crippen LogP contribution is 2.36. The second-order valence-corrected chi connectivity index (χ2v) is 4.69. The predicted octanol–water partition coefficient (Wildman–Crippen LogP) is 4.32. The first kappa shape index (κ1) is 15.3. The van der Waals surface area contributed by atoms with E-state index in [2.05, 4.69) is 0 Å². The van der Waals surface area contributed by atoms with Crippen LogP contribution in [-0.2, 0) is 6.18 Å². The molecule has 1 aromatic carbocycles. The molecule has 1 aromatic rings. The third-order valence-corrected chi connectivity index (χ3v) is 3.51. The fourth-order valence-electron chi connectivity index (χ4n) is 2.51. The molecular weight excluding hydrogens is 263 g/mol. The molecular formula is C13H17ClF3N. The van der Waals surface area contributed by atoms with Gasteiger partial charge < -0.3 is 5.73 Å². The van der Waals surface area contributed by atoms with Gasteiger partial charge in [-0.3, -0.25) is 0 Å². The van der Waals surface area contributed by atoms with Gasteiger partial charge in [-0.05, 0) is 36.5 Å². The Balaban J connectivity index is 0.00000162. The Bertz CT molecular complexity index is 386. The summed E-state index contributed by atoms with van der Waals surface area (Å²) < 4.78 is 37.7. The lowest BCUT2D eigenvalue weighted by Crippen LogP contribution is -2.19. The van der Waals surface area contributed by atoms with Crippen LogP contribution in [0.5, 0.6) is 0 Å². The monoisotopic (exact) mass is 279 g/mol. The van der Waals surface area contributed by atoms with Gasteiger partial charge in [0.15, 0.2) is 0 Å². The van der Waals surface area contributed by atoms with Crippen molar-refractivity contribution in [3.63, 3.8) is 0 Å². The predicted molar refractivity (Wildman–Crippen MR) is 67.6 cm³/mol. The highest BCUT2D eigenvalue weighted by atomic mass is 35.5. The van der Waals surface area contributed by atoms with E-state index in [4.69, 9.17) is 5.73 Å². The maximum absolute atomic E-state index is 12.6. The van der Waals surface area contributed by atoms with Gasteiger partial charge in [-0.2, -0.15) is 13.2 Å². The summed E-state index contributed by atoms with van der Waals surface area (Å²) in [5, 5.41) is 0. The summed E-state index contributed by atoms with van der Waals surface area (Å²) >= 11 is 0. The number of rotatable bonds is 2. The molecule has 1 aliphatic carbocycles. The smallest absolute Gasteiger partial charge is 0.324 e. The van der Waals surface area contributed by atoms with Crippen molar-refractivity contribution in [3.05, 3.63) is 35.4 Å². The van der Waals surface area contributed by atoms with Crippen molar-refractivity contribution >= 4 is 12.4 Å². The topological polar surface area (TPSA) is 26.0 Å². The molecule has 2 N–H and O–H groups in total. The molecule has 5 heteroatoms. The van der Waals surface area contributed by atoms with Crippen molar-refractivity contribution in [2.24, 2.45) is 11.7 Å². The molecule has 0 spiro atoms. The molecule has 1 fully saturated rings. The number of alkyl halides is 3. The number of nitrogens with two attached hydrogens (primary N) is 1. The molecule has 2 rings (SSSR count). The molecule has 18 heavy (non-hydrogen) atoms. The van der Waals surface area contributed by atoms with E-state index in [9.17, 15) is 13.2 Å². The largest absolute Gasteiger partial charge is 0.416 e. The molecule has 102 valence electrons. The fourth-order valence-corrected chi connectivity index (χ4v) is 2.51. The van der Waals surface area contributed by atoms with Gasteiger partial charge in [-0.1, -0.05) is 25.0 Å². The Hall–Kier alpha value is -0.740. The van der Waals surface area contributed by atoms with Gasteiger partial charge in [-0.25, -0.2) is 0 Å². The summed E-state index contributed by atoms with van der Waals surface area (Å²) in [5.74, 6) is 0.332. The van der Waals surface area contributed by atoms with Crippen LogP contribution >= 0.6 is 12.4 Å². The molecule has 1 atom stereocenters. The van der Waals surface area contributed by atoms with E-state index in [-0.39, 0.29) is 18.4 Å². The van der Waals surface area contributed by atoms with Crippen LogP contribution in [0.3, 0.4) is 0 Å². The molecule has 0 heterocycles. The molecule has 0 amide bonds. The first-order chi connectivity index (χ1) is 7.98. The van der Waals surface area contributed by atoms with Gasteiger partial charge in [0.1, 0.15) is 0 Å². The highest BCUT2D eigenvalue weighted by Gasteiger charge is 2.31. The van der Waals surface area contributed by atoms with E-state index in [1.165, 1.54) is 12.1 Å². The first-order valence-corrected chi connectivity index (χ1v) is 5.91. The third kappa shape index (κ3) is 3.39. The summed E-state index contributed by atoms with van der Waals surface area (Å²) in [7, 11) is 0. The van der Waals surface area contributed by atoms with Crippen LogP contribution in [0.4, 0.5) is 13.2 Å². The van der Waals surface area contributed by atoms with Crippen LogP contribution in [0.15, 0.2) is 24.3 Å². The molecule has 0 radical (unpaired) electrons. The second-order valence-electron chi connectivity index (χ2n) is 4.69. The van der Waals surface area contributed by atoms with Crippen LogP contribution in [0.2, 0.25) is 0 Å². The van der Waals surface area contributed by atoms with Crippen molar-refractivity contribution in [1.82, 2.24) is 0 Å². The average molecular weight is 280 g/mol. The van der Waals surface area contributed by atoms with E-state index in [0.29, 0.717) is 11.5 Å². The zero-order chi connectivity index (χ0) is 12.5. The summed E-state index contributed by atoms with van der Waals surface area (Å²) in [6, 6.07) is 5.14. The zero-order valence-electron chi connectivity index (χ0n) is 9.91. The summed E-state index contributed by atoms with van der Waals surface area (Å²) in [6.45, 7) is 0. The van der Waals surface area contributed by atoms with Crippen LogP contribution in [0, 0.1) is 5.92 Å². The molecule has 0 aromatic heterocycles. The van der Waals surface area contributed by atoms with Gasteiger partial charge in [-0.15, -0.1) is 12.4 Å². The normalized spacial score (nSPS) is 18.4. The second kappa shape index (κ2) is 5.93. The average Bonchev–Trinajstić information content (AvgIpc) is 2.80. The van der Waals surface area contributed by atoms with E-state index in [1.54, 1.807) is 6.07 Å². The summed E-state index contributed by atoms with van der Waals surface area (Å²) in [5.41, 5.74) is 6.04. The van der Waals surface area contributed by atoms with Crippen molar-refractivity contribution in [2.45, 2.75) is 37.9 Å². The van der Waals surface area contributed by atoms with Gasteiger partial charge in [0, 0.05) is 6.04 Å². The standard InChI is InChI=1S/C13H16F3N.ClH/c14-13(15,16)11-7-3-6-10(8-11)12(17)9-4-1-2-5-9;/h3,6-9,12H,1-2,4-5,17H2;1H/t12-;/m1./s1. The van der Waals surface area contributed by atoms with Gasteiger partial charge in [0.05, 0.1) is 5.56 Å². The number of hydrogen-bond donors (Lipinski definition) is 1. The minimum absolute atomic E-state index is 0. The molecule has 0 aliphatic heterocycles. The van der Waals surface area contributed by atoms with Crippen LogP contribution in [0.25, 0.3) is 0 Å². The van der Waals surface area contributed by atoms with Crippen molar-refractivity contribution in [3.8, 4) is 0 Å². The van der Waals surface area contributed by atoms with Crippen LogP contribution in [-0.4, -0.2) is 0 Å². The quantitative estimate of drug-likeness (QED) is 0.857. The lowest BCUT2D eigenvalue weighted by Gasteiger charge is -2.20. The first-order valence-electron chi connectivity index (χ1n) is 5.91. The van der Waals surface area contributed by atoms with E-state index < -0.39 is 11.7 Å². The Morgan fingerprint density at radius 1 is 1.17 bits per heavy atom. The molecule has 0 bridgehead atoms. The Kier molecular flexibility index (Phi) is 5.05. The number of benzene rings is 1. The maximum atomic E-state index is 12.6. The summed E-state index contributed by atoms with van der Waals surface area (Å²) in [6.07, 6.45) is 0.0366. The number of halogens is 4. The van der Waals surface area contributed by atoms with Gasteiger partial charge in [0.2, 0.25) is 0 Å². The maximum Gasteiger partial charge on any atom is 0.416 e. The summed E-state index contributed by atoms with van der Waals surface area (Å²) in [4.78, 5) is 0. The van der Waals surface area contributed by atoms with Gasteiger partial charge >= 0.3 is 6.18 Å². The van der Waals surface area contributed by atoms with Crippen molar-refractivity contribution in [2.75, 3.05) is 0 Å². The van der Waals surface area contributed by atoms with Crippen LogP contribution < -0.4 is 5.73 Å². The van der Waals surface area contributed by atoms with Crippen LogP contribution in [0.1, 0.15) is 42.9 Å². The SMILES string of the molecule is Cl.N[C@@H](c1cccc(C(F)(F)F)c1)C1CCCC1. The minimum atomic E-state index is -4.29. The Morgan fingerprint density at radius 3 is 2.33 bits per heavy atom. The van der Waals surface area contributed by atoms with E-state index >= 15 is 0 Å². The molecule has 1 aliphatic rings. The molecule has 0 saturated heterocycles. The molecule has 0 unspecified atom stereocenters. The van der Waals surface area contributed by atoms with E-state index in [1.807, 2.05) is 0 Å². The Labute approximate surface area is 111 Å². The lowest BCUT2D eigenvalue weighted by molar-refractivity contribution is -0.137. The third-order valence-electron chi connectivity index (χ3n) is 3.51. The molecule has 1 nitrogen and oxygen atoms in total. The van der Waals surface area contributed by atoms with E-state index in [0.717, 1.165) is 31.7 Å². The number of hydrogen-bond acceptors (Lipinski definition) is 1. The molecule has 1 saturated carbocycles. The highest BCUT2D eigenvalue weighted by molar-refractivity contribution is 5.85. The minimum Gasteiger partial charge on any atom is -0.324 e. The van der Waals surface area contributed by atoms with Crippen molar-refractivity contribution < 1.29 is 13.2 Å². The van der Waals surface area contributed by atoms with Gasteiger partial charge in [0.25, 0.3) is 0 Å². The lowest BCUT2D eigenvalue weighted by atomic mass is 9.91. The zero-order valence-corrected chi connectivity index (χ0v) is 10.7. The van der Waals surface area contributed by atoms with Crippen molar-refractivity contribution in [1.29, 1.82) is 0 Å². The Morgan fingerprint density at radius 2 is 1.78 bits per heavy atom.